The van der Waals surface area contributed by atoms with Crippen LogP contribution in [0, 0.1) is 5.41 Å². The van der Waals surface area contributed by atoms with Crippen LogP contribution in [-0.2, 0) is 17.9 Å². The van der Waals surface area contributed by atoms with Crippen LogP contribution >= 0.6 is 0 Å². The second kappa shape index (κ2) is 10.5. The number of rotatable bonds is 8. The summed E-state index contributed by atoms with van der Waals surface area (Å²) < 4.78 is 1.91. The summed E-state index contributed by atoms with van der Waals surface area (Å²) in [6.45, 7) is 11.0. The summed E-state index contributed by atoms with van der Waals surface area (Å²) in [7, 11) is 0. The molecule has 0 bridgehead atoms. The van der Waals surface area contributed by atoms with Crippen LogP contribution in [0.4, 0.5) is 0 Å². The van der Waals surface area contributed by atoms with Gasteiger partial charge in [0.15, 0.2) is 5.96 Å². The summed E-state index contributed by atoms with van der Waals surface area (Å²) in [6.07, 6.45) is 3.74. The Morgan fingerprint density at radius 1 is 1.07 bits per heavy atom. The summed E-state index contributed by atoms with van der Waals surface area (Å²) in [5, 5.41) is 13.7. The van der Waals surface area contributed by atoms with E-state index in [1.807, 2.05) is 56.8 Å². The van der Waals surface area contributed by atoms with Crippen LogP contribution < -0.4 is 16.0 Å². The quantitative estimate of drug-likeness (QED) is 0.370. The number of aromatic nitrogens is 2. The minimum Gasteiger partial charge on any atom is -0.357 e. The molecule has 1 heterocycles. The molecule has 0 spiro atoms. The number of guanidine groups is 1. The Morgan fingerprint density at radius 3 is 2.43 bits per heavy atom. The monoisotopic (exact) mass is 384 g/mol. The summed E-state index contributed by atoms with van der Waals surface area (Å²) in [5.74, 6) is 0.783. The number of nitrogens with zero attached hydrogens (tertiary/aromatic N) is 3. The topological polar surface area (TPSA) is 83.3 Å². The molecule has 152 valence electrons. The summed E-state index contributed by atoms with van der Waals surface area (Å²) in [5.41, 5.74) is 1.98. The van der Waals surface area contributed by atoms with Gasteiger partial charge in [0.2, 0.25) is 5.91 Å². The van der Waals surface area contributed by atoms with Crippen molar-refractivity contribution >= 4 is 11.9 Å². The van der Waals surface area contributed by atoms with Crippen LogP contribution in [0.1, 0.15) is 38.8 Å². The van der Waals surface area contributed by atoms with Crippen LogP contribution in [0.15, 0.2) is 47.7 Å². The van der Waals surface area contributed by atoms with Crippen molar-refractivity contribution in [3.8, 4) is 0 Å². The lowest BCUT2D eigenvalue weighted by Gasteiger charge is -2.18. The van der Waals surface area contributed by atoms with Crippen LogP contribution in [0.2, 0.25) is 0 Å². The fraction of sp³-hybridized carbons (Fsp3) is 0.476. The lowest BCUT2D eigenvalue weighted by atomic mass is 9.96. The average molecular weight is 385 g/mol. The molecule has 1 aromatic heterocycles. The third kappa shape index (κ3) is 7.06. The van der Waals surface area contributed by atoms with E-state index in [9.17, 15) is 4.79 Å². The van der Waals surface area contributed by atoms with Crippen LogP contribution in [0.5, 0.6) is 0 Å². The molecule has 0 atom stereocenters. The van der Waals surface area contributed by atoms with E-state index in [0.717, 1.165) is 24.6 Å². The third-order valence-corrected chi connectivity index (χ3v) is 4.15. The van der Waals surface area contributed by atoms with Crippen LogP contribution in [0.25, 0.3) is 0 Å². The standard InChI is InChI=1S/C21H32N6O/c1-5-22-20(24-13-12-23-19(28)21(2,3)4)25-15-17-9-6-7-10-18(17)16-27-14-8-11-26-27/h6-11,14H,5,12-13,15-16H2,1-4H3,(H,23,28)(H2,22,24,25). The second-order valence-electron chi connectivity index (χ2n) is 7.60. The molecule has 7 heteroatoms. The number of nitrogens with one attached hydrogen (secondary N) is 3. The fourth-order valence-electron chi connectivity index (χ4n) is 2.56. The zero-order valence-electron chi connectivity index (χ0n) is 17.3. The molecule has 2 rings (SSSR count). The van der Waals surface area contributed by atoms with Gasteiger partial charge in [-0.15, -0.1) is 0 Å². The highest BCUT2D eigenvalue weighted by Gasteiger charge is 2.20. The van der Waals surface area contributed by atoms with E-state index in [0.29, 0.717) is 19.6 Å². The Kier molecular flexibility index (Phi) is 8.04. The molecule has 2 aromatic rings. The Morgan fingerprint density at radius 2 is 1.79 bits per heavy atom. The number of aliphatic imine (C=N–C) groups is 1. The van der Waals surface area contributed by atoms with Gasteiger partial charge in [-0.05, 0) is 24.1 Å². The molecule has 3 N–H and O–H groups in total. The number of amides is 1. The number of carbonyl (C=O) groups is 1. The molecular formula is C21H32N6O. The van der Waals surface area contributed by atoms with Gasteiger partial charge in [0.25, 0.3) is 0 Å². The van der Waals surface area contributed by atoms with Crippen molar-refractivity contribution in [2.24, 2.45) is 10.4 Å². The Hall–Kier alpha value is -2.83. The first-order valence-electron chi connectivity index (χ1n) is 9.75. The van der Waals surface area contributed by atoms with Crippen molar-refractivity contribution in [3.63, 3.8) is 0 Å². The van der Waals surface area contributed by atoms with Crippen molar-refractivity contribution in [1.29, 1.82) is 0 Å². The molecule has 1 aromatic carbocycles. The van der Waals surface area contributed by atoms with Gasteiger partial charge in [-0.25, -0.2) is 4.99 Å². The highest BCUT2D eigenvalue weighted by atomic mass is 16.2. The first-order chi connectivity index (χ1) is 13.4. The van der Waals surface area contributed by atoms with Gasteiger partial charge >= 0.3 is 0 Å². The summed E-state index contributed by atoms with van der Waals surface area (Å²) in [6, 6.07) is 10.2. The maximum absolute atomic E-state index is 11.9. The van der Waals surface area contributed by atoms with E-state index in [2.05, 4.69) is 33.2 Å². The van der Waals surface area contributed by atoms with Crippen LogP contribution in [0.3, 0.4) is 0 Å². The van der Waals surface area contributed by atoms with E-state index in [1.165, 1.54) is 5.56 Å². The number of hydrogen-bond donors (Lipinski definition) is 3. The van der Waals surface area contributed by atoms with Gasteiger partial charge in [-0.1, -0.05) is 45.0 Å². The Bertz CT molecular complexity index is 761. The van der Waals surface area contributed by atoms with E-state index in [1.54, 1.807) is 6.20 Å². The molecule has 0 aliphatic heterocycles. The Labute approximate surface area is 167 Å². The number of benzene rings is 1. The van der Waals surface area contributed by atoms with E-state index >= 15 is 0 Å². The molecule has 0 fully saturated rings. The lowest BCUT2D eigenvalue weighted by Crippen LogP contribution is -2.43. The highest BCUT2D eigenvalue weighted by molar-refractivity contribution is 5.81. The average Bonchev–Trinajstić information content (AvgIpc) is 3.16. The Balaban J connectivity index is 1.92. The molecule has 7 nitrogen and oxygen atoms in total. The zero-order valence-corrected chi connectivity index (χ0v) is 17.3. The number of hydrogen-bond acceptors (Lipinski definition) is 3. The first-order valence-corrected chi connectivity index (χ1v) is 9.75. The summed E-state index contributed by atoms with van der Waals surface area (Å²) in [4.78, 5) is 16.6. The van der Waals surface area contributed by atoms with Crippen molar-refractivity contribution in [1.82, 2.24) is 25.7 Å². The van der Waals surface area contributed by atoms with Gasteiger partial charge in [-0.2, -0.15) is 5.10 Å². The normalized spacial score (nSPS) is 11.9. The highest BCUT2D eigenvalue weighted by Crippen LogP contribution is 2.12. The van der Waals surface area contributed by atoms with Gasteiger partial charge in [0, 0.05) is 37.4 Å². The second-order valence-corrected chi connectivity index (χ2v) is 7.60. The van der Waals surface area contributed by atoms with Gasteiger partial charge in [-0.3, -0.25) is 9.48 Å². The molecule has 0 radical (unpaired) electrons. The molecule has 0 aliphatic carbocycles. The molecule has 28 heavy (non-hydrogen) atoms. The maximum atomic E-state index is 11.9. The third-order valence-electron chi connectivity index (χ3n) is 4.15. The van der Waals surface area contributed by atoms with Crippen LogP contribution in [-0.4, -0.2) is 41.3 Å². The van der Waals surface area contributed by atoms with E-state index < -0.39 is 0 Å². The molecular weight excluding hydrogens is 352 g/mol. The van der Waals surface area contributed by atoms with Gasteiger partial charge in [0.1, 0.15) is 0 Å². The summed E-state index contributed by atoms with van der Waals surface area (Å²) >= 11 is 0. The fourth-order valence-corrected chi connectivity index (χ4v) is 2.56. The predicted octanol–water partition coefficient (Wildman–Crippen LogP) is 2.15. The SMILES string of the molecule is CCNC(=NCc1ccccc1Cn1cccn1)NCCNC(=O)C(C)(C)C. The molecule has 0 saturated carbocycles. The molecule has 0 aliphatic rings. The van der Waals surface area contributed by atoms with E-state index in [-0.39, 0.29) is 11.3 Å². The first kappa shape index (κ1) is 21.5. The van der Waals surface area contributed by atoms with Crippen molar-refractivity contribution in [2.45, 2.75) is 40.8 Å². The number of carbonyl (C=O) groups excluding carboxylic acids is 1. The zero-order chi connectivity index (χ0) is 20.4. The molecule has 1 amide bonds. The van der Waals surface area contributed by atoms with Crippen molar-refractivity contribution in [3.05, 3.63) is 53.9 Å². The van der Waals surface area contributed by atoms with Crippen molar-refractivity contribution in [2.75, 3.05) is 19.6 Å². The maximum Gasteiger partial charge on any atom is 0.225 e. The minimum absolute atomic E-state index is 0.0452. The lowest BCUT2D eigenvalue weighted by molar-refractivity contribution is -0.128. The largest absolute Gasteiger partial charge is 0.357 e. The minimum atomic E-state index is -0.378. The van der Waals surface area contributed by atoms with E-state index in [4.69, 9.17) is 4.99 Å². The molecule has 0 saturated heterocycles. The predicted molar refractivity (Wildman–Crippen MR) is 113 cm³/mol. The molecule has 0 unspecified atom stereocenters. The van der Waals surface area contributed by atoms with Crippen molar-refractivity contribution < 1.29 is 4.79 Å². The smallest absolute Gasteiger partial charge is 0.225 e. The van der Waals surface area contributed by atoms with Gasteiger partial charge in [0.05, 0.1) is 13.1 Å². The van der Waals surface area contributed by atoms with Gasteiger partial charge < -0.3 is 16.0 Å².